The largest absolute Gasteiger partial charge is 0.380 e. The average Bonchev–Trinajstić information content (AvgIpc) is 3.21. The number of likely N-dealkylation sites (tertiary alicyclic amines) is 1. The maximum atomic E-state index is 13.0. The maximum absolute atomic E-state index is 13.0. The van der Waals surface area contributed by atoms with Crippen molar-refractivity contribution in [2.75, 3.05) is 44.3 Å². The number of nitrogens with zero attached hydrogens (tertiary/aromatic N) is 4. The molecule has 0 saturated carbocycles. The molecule has 1 aromatic heterocycles. The molecule has 4 heterocycles. The molecule has 0 radical (unpaired) electrons. The molecule has 3 aliphatic heterocycles. The number of aryl methyl sites for hydroxylation is 1. The van der Waals surface area contributed by atoms with Gasteiger partial charge >= 0.3 is 0 Å². The predicted octanol–water partition coefficient (Wildman–Crippen LogP) is 0.922. The third kappa shape index (κ3) is 2.05. The lowest BCUT2D eigenvalue weighted by molar-refractivity contribution is -0.141. The summed E-state index contributed by atoms with van der Waals surface area (Å²) in [4.78, 5) is 17.3. The first kappa shape index (κ1) is 13.5. The van der Waals surface area contributed by atoms with Crippen LogP contribution >= 0.6 is 11.3 Å². The van der Waals surface area contributed by atoms with Gasteiger partial charge in [-0.1, -0.05) is 11.3 Å². The number of fused-ring (bicyclic) bond motifs is 1. The summed E-state index contributed by atoms with van der Waals surface area (Å²) in [7, 11) is 0. The minimum absolute atomic E-state index is 0.287. The number of amides is 1. The quantitative estimate of drug-likeness (QED) is 0.813. The molecule has 0 aliphatic carbocycles. The van der Waals surface area contributed by atoms with Gasteiger partial charge in [0.2, 0.25) is 11.0 Å². The monoisotopic (exact) mass is 308 g/mol. The molecule has 3 fully saturated rings. The first-order chi connectivity index (χ1) is 10.2. The SMILES string of the molecule is Cc1nnc(N2C[C@@H]3COC[C@]3(C(=O)N3CCCC3)C2)s1. The Morgan fingerprint density at radius 1 is 1.38 bits per heavy atom. The first-order valence-corrected chi connectivity index (χ1v) is 8.43. The number of rotatable bonds is 2. The molecule has 3 saturated heterocycles. The fraction of sp³-hybridized carbons (Fsp3) is 0.786. The smallest absolute Gasteiger partial charge is 0.233 e. The van der Waals surface area contributed by atoms with Crippen LogP contribution in [0.15, 0.2) is 0 Å². The van der Waals surface area contributed by atoms with E-state index in [1.165, 1.54) is 0 Å². The highest BCUT2D eigenvalue weighted by molar-refractivity contribution is 7.15. The Morgan fingerprint density at radius 3 is 2.90 bits per heavy atom. The summed E-state index contributed by atoms with van der Waals surface area (Å²) in [5.41, 5.74) is -0.357. The second-order valence-electron chi connectivity index (χ2n) is 6.35. The van der Waals surface area contributed by atoms with Gasteiger partial charge in [0.15, 0.2) is 0 Å². The van der Waals surface area contributed by atoms with E-state index in [2.05, 4.69) is 15.1 Å². The molecule has 6 nitrogen and oxygen atoms in total. The minimum atomic E-state index is -0.357. The fourth-order valence-corrected chi connectivity index (χ4v) is 4.53. The van der Waals surface area contributed by atoms with Gasteiger partial charge in [-0.2, -0.15) is 0 Å². The number of aromatic nitrogens is 2. The summed E-state index contributed by atoms with van der Waals surface area (Å²) in [5, 5.41) is 10.3. The van der Waals surface area contributed by atoms with Gasteiger partial charge in [-0.25, -0.2) is 0 Å². The van der Waals surface area contributed by atoms with Gasteiger partial charge in [-0.15, -0.1) is 10.2 Å². The first-order valence-electron chi connectivity index (χ1n) is 7.61. The summed E-state index contributed by atoms with van der Waals surface area (Å²) >= 11 is 1.60. The zero-order valence-electron chi connectivity index (χ0n) is 12.2. The van der Waals surface area contributed by atoms with Crippen LogP contribution in [0.4, 0.5) is 5.13 Å². The van der Waals surface area contributed by atoms with E-state index < -0.39 is 0 Å². The van der Waals surface area contributed by atoms with Crippen LogP contribution in [-0.4, -0.2) is 60.4 Å². The van der Waals surface area contributed by atoms with Crippen LogP contribution in [0.5, 0.6) is 0 Å². The molecule has 114 valence electrons. The number of carbonyl (C=O) groups is 1. The molecule has 0 spiro atoms. The van der Waals surface area contributed by atoms with Crippen LogP contribution in [0.2, 0.25) is 0 Å². The van der Waals surface area contributed by atoms with E-state index in [0.29, 0.717) is 19.1 Å². The van der Waals surface area contributed by atoms with Gasteiger partial charge in [-0.05, 0) is 19.8 Å². The van der Waals surface area contributed by atoms with Crippen molar-refractivity contribution in [1.29, 1.82) is 0 Å². The van der Waals surface area contributed by atoms with Crippen LogP contribution in [-0.2, 0) is 9.53 Å². The average molecular weight is 308 g/mol. The third-order valence-corrected chi connectivity index (χ3v) is 5.88. The standard InChI is InChI=1S/C14H20N4O2S/c1-10-15-16-13(21-10)18-6-11-7-20-9-14(11,8-18)12(19)17-4-2-3-5-17/h11H,2-9H2,1H3/t11-,14-/m1/s1. The van der Waals surface area contributed by atoms with Crippen molar-refractivity contribution in [3.63, 3.8) is 0 Å². The van der Waals surface area contributed by atoms with Crippen molar-refractivity contribution in [3.8, 4) is 0 Å². The molecule has 4 rings (SSSR count). The van der Waals surface area contributed by atoms with Gasteiger partial charge in [-0.3, -0.25) is 4.79 Å². The molecule has 7 heteroatoms. The van der Waals surface area contributed by atoms with E-state index in [4.69, 9.17) is 4.74 Å². The number of hydrogen-bond acceptors (Lipinski definition) is 6. The Labute approximate surface area is 128 Å². The van der Waals surface area contributed by atoms with E-state index >= 15 is 0 Å². The van der Waals surface area contributed by atoms with Crippen molar-refractivity contribution in [3.05, 3.63) is 5.01 Å². The van der Waals surface area contributed by atoms with Gasteiger partial charge in [0.05, 0.1) is 18.6 Å². The Morgan fingerprint density at radius 2 is 2.19 bits per heavy atom. The van der Waals surface area contributed by atoms with Crippen LogP contribution in [0.3, 0.4) is 0 Å². The Kier molecular flexibility index (Phi) is 3.15. The minimum Gasteiger partial charge on any atom is -0.380 e. The normalized spacial score (nSPS) is 32.0. The summed E-state index contributed by atoms with van der Waals surface area (Å²) in [5.74, 6) is 0.584. The van der Waals surface area contributed by atoms with Crippen LogP contribution in [0, 0.1) is 18.3 Å². The lowest BCUT2D eigenvalue weighted by Gasteiger charge is -2.30. The lowest BCUT2D eigenvalue weighted by atomic mass is 9.79. The number of carbonyl (C=O) groups excluding carboxylic acids is 1. The summed E-state index contributed by atoms with van der Waals surface area (Å²) in [6.07, 6.45) is 2.26. The third-order valence-electron chi connectivity index (χ3n) is 4.98. The summed E-state index contributed by atoms with van der Waals surface area (Å²) in [6, 6.07) is 0. The molecule has 3 aliphatic rings. The highest BCUT2D eigenvalue weighted by atomic mass is 32.1. The Hall–Kier alpha value is -1.21. The summed E-state index contributed by atoms with van der Waals surface area (Å²) in [6.45, 7) is 6.60. The van der Waals surface area contributed by atoms with Gasteiger partial charge in [0.25, 0.3) is 0 Å². The van der Waals surface area contributed by atoms with Crippen LogP contribution in [0.1, 0.15) is 17.8 Å². The summed E-state index contributed by atoms with van der Waals surface area (Å²) < 4.78 is 5.68. The molecule has 0 bridgehead atoms. The molecule has 0 N–H and O–H groups in total. The number of hydrogen-bond donors (Lipinski definition) is 0. The topological polar surface area (TPSA) is 58.6 Å². The molecule has 0 aromatic carbocycles. The highest BCUT2D eigenvalue weighted by Gasteiger charge is 2.57. The lowest BCUT2D eigenvalue weighted by Crippen LogP contribution is -2.47. The molecule has 21 heavy (non-hydrogen) atoms. The molecule has 1 aromatic rings. The second-order valence-corrected chi connectivity index (χ2v) is 7.51. The van der Waals surface area contributed by atoms with Gasteiger partial charge in [0, 0.05) is 32.1 Å². The van der Waals surface area contributed by atoms with Crippen molar-refractivity contribution in [2.24, 2.45) is 11.3 Å². The van der Waals surface area contributed by atoms with E-state index in [1.54, 1.807) is 11.3 Å². The fourth-order valence-electron chi connectivity index (χ4n) is 3.83. The van der Waals surface area contributed by atoms with Crippen molar-refractivity contribution >= 4 is 22.4 Å². The van der Waals surface area contributed by atoms with E-state index in [9.17, 15) is 4.79 Å². The van der Waals surface area contributed by atoms with Crippen molar-refractivity contribution < 1.29 is 9.53 Å². The predicted molar refractivity (Wildman–Crippen MR) is 79.4 cm³/mol. The van der Waals surface area contributed by atoms with E-state index in [0.717, 1.165) is 49.2 Å². The van der Waals surface area contributed by atoms with Gasteiger partial charge < -0.3 is 14.5 Å². The zero-order chi connectivity index (χ0) is 14.4. The zero-order valence-corrected chi connectivity index (χ0v) is 13.1. The Bertz CT molecular complexity index is 557. The maximum Gasteiger partial charge on any atom is 0.233 e. The molecular formula is C14H20N4O2S. The van der Waals surface area contributed by atoms with Gasteiger partial charge in [0.1, 0.15) is 5.01 Å². The Balaban J connectivity index is 1.59. The van der Waals surface area contributed by atoms with Crippen LogP contribution in [0.25, 0.3) is 0 Å². The van der Waals surface area contributed by atoms with E-state index in [-0.39, 0.29) is 11.3 Å². The van der Waals surface area contributed by atoms with Crippen molar-refractivity contribution in [1.82, 2.24) is 15.1 Å². The molecule has 2 atom stereocenters. The van der Waals surface area contributed by atoms with Crippen LogP contribution < -0.4 is 4.90 Å². The molecule has 1 amide bonds. The molecule has 0 unspecified atom stereocenters. The number of anilines is 1. The van der Waals surface area contributed by atoms with Crippen molar-refractivity contribution in [2.45, 2.75) is 19.8 Å². The second kappa shape index (κ2) is 4.91. The number of ether oxygens (including phenoxy) is 1. The van der Waals surface area contributed by atoms with E-state index in [1.807, 2.05) is 11.8 Å². The molecular weight excluding hydrogens is 288 g/mol. The highest BCUT2D eigenvalue weighted by Crippen LogP contribution is 2.45.